The van der Waals surface area contributed by atoms with Crippen LogP contribution < -0.4 is 5.32 Å². The van der Waals surface area contributed by atoms with Crippen LogP contribution in [0, 0.1) is 6.92 Å². The van der Waals surface area contributed by atoms with Crippen LogP contribution in [0.5, 0.6) is 0 Å². The predicted octanol–water partition coefficient (Wildman–Crippen LogP) is 2.96. The quantitative estimate of drug-likeness (QED) is 0.827. The lowest BCUT2D eigenvalue weighted by atomic mass is 9.89. The number of amides is 1. The van der Waals surface area contributed by atoms with Crippen LogP contribution in [-0.4, -0.2) is 26.8 Å². The molecule has 0 saturated heterocycles. The normalized spacial score (nSPS) is 15.0. The summed E-state index contributed by atoms with van der Waals surface area (Å²) in [6.07, 6.45) is 4.90. The van der Waals surface area contributed by atoms with E-state index in [2.05, 4.69) is 38.7 Å². The largest absolute Gasteiger partial charge is 0.349 e. The maximum atomic E-state index is 12.1. The minimum Gasteiger partial charge on any atom is -0.349 e. The zero-order valence-electron chi connectivity index (χ0n) is 13.6. The molecule has 1 aliphatic carbocycles. The number of H-pyrrole nitrogens is 1. The fourth-order valence-electron chi connectivity index (χ4n) is 2.91. The lowest BCUT2D eigenvalue weighted by Crippen LogP contribution is -2.28. The molecule has 1 aromatic carbocycles. The Balaban J connectivity index is 1.55. The Morgan fingerprint density at radius 1 is 1.35 bits per heavy atom. The van der Waals surface area contributed by atoms with Crippen LogP contribution in [0.1, 0.15) is 48.3 Å². The van der Waals surface area contributed by atoms with Crippen LogP contribution in [0.4, 0.5) is 0 Å². The summed E-state index contributed by atoms with van der Waals surface area (Å²) < 4.78 is 0. The van der Waals surface area contributed by atoms with E-state index in [0.29, 0.717) is 10.9 Å². The van der Waals surface area contributed by atoms with Crippen molar-refractivity contribution in [2.24, 2.45) is 0 Å². The standard InChI is InChI=1S/C17H22N4OS/c1-11(14-8-7-13-5-3-4-6-15(13)9-14)18-16(22)10-23-17-19-12(2)20-21-17/h7-9,11H,3-6,10H2,1-2H3,(H,18,22)(H,19,20,21)/t11-/m1/s1. The van der Waals surface area contributed by atoms with Crippen molar-refractivity contribution in [1.82, 2.24) is 20.5 Å². The SMILES string of the molecule is Cc1nc(SCC(=O)N[C@H](C)c2ccc3c(c2)CCCC3)n[nH]1. The first-order valence-corrected chi connectivity index (χ1v) is 9.03. The molecule has 2 N–H and O–H groups in total. The summed E-state index contributed by atoms with van der Waals surface area (Å²) in [7, 11) is 0. The number of benzene rings is 1. The molecule has 6 heteroatoms. The van der Waals surface area contributed by atoms with Crippen LogP contribution in [0.25, 0.3) is 0 Å². The van der Waals surface area contributed by atoms with Crippen molar-refractivity contribution >= 4 is 17.7 Å². The Bertz CT molecular complexity index is 698. The second kappa shape index (κ2) is 7.17. The molecule has 23 heavy (non-hydrogen) atoms. The van der Waals surface area contributed by atoms with Crippen LogP contribution in [-0.2, 0) is 17.6 Å². The number of hydrogen-bond donors (Lipinski definition) is 2. The molecule has 1 heterocycles. The Labute approximate surface area is 140 Å². The Morgan fingerprint density at radius 2 is 2.13 bits per heavy atom. The molecule has 1 amide bonds. The number of carbonyl (C=O) groups excluding carboxylic acids is 1. The molecule has 3 rings (SSSR count). The molecule has 122 valence electrons. The third-order valence-corrected chi connectivity index (χ3v) is 5.01. The first-order chi connectivity index (χ1) is 11.1. The van der Waals surface area contributed by atoms with Gasteiger partial charge in [-0.1, -0.05) is 30.0 Å². The molecule has 1 atom stereocenters. The lowest BCUT2D eigenvalue weighted by molar-refractivity contribution is -0.119. The molecule has 0 bridgehead atoms. The van der Waals surface area contributed by atoms with Gasteiger partial charge in [0.05, 0.1) is 11.8 Å². The van der Waals surface area contributed by atoms with E-state index >= 15 is 0 Å². The van der Waals surface area contributed by atoms with E-state index in [9.17, 15) is 4.79 Å². The molecular formula is C17H22N4OS. The molecule has 0 saturated carbocycles. The number of nitrogens with zero attached hydrogens (tertiary/aromatic N) is 2. The monoisotopic (exact) mass is 330 g/mol. The average Bonchev–Trinajstić information content (AvgIpc) is 2.98. The number of rotatable bonds is 5. The molecular weight excluding hydrogens is 308 g/mol. The highest BCUT2D eigenvalue weighted by Gasteiger charge is 2.14. The summed E-state index contributed by atoms with van der Waals surface area (Å²) in [5.74, 6) is 1.09. The highest BCUT2D eigenvalue weighted by atomic mass is 32.2. The van der Waals surface area contributed by atoms with Crippen molar-refractivity contribution in [3.8, 4) is 0 Å². The summed E-state index contributed by atoms with van der Waals surface area (Å²) >= 11 is 1.34. The predicted molar refractivity (Wildman–Crippen MR) is 91.5 cm³/mol. The molecule has 1 aliphatic rings. The molecule has 0 fully saturated rings. The second-order valence-electron chi connectivity index (χ2n) is 6.02. The third-order valence-electron chi connectivity index (χ3n) is 4.16. The number of carbonyl (C=O) groups is 1. The molecule has 1 aromatic heterocycles. The van der Waals surface area contributed by atoms with Crippen LogP contribution in [0.15, 0.2) is 23.4 Å². The topological polar surface area (TPSA) is 70.7 Å². The van der Waals surface area contributed by atoms with Gasteiger partial charge in [-0.3, -0.25) is 9.89 Å². The van der Waals surface area contributed by atoms with Gasteiger partial charge >= 0.3 is 0 Å². The maximum absolute atomic E-state index is 12.1. The van der Waals surface area contributed by atoms with Gasteiger partial charge in [0.1, 0.15) is 5.82 Å². The van der Waals surface area contributed by atoms with Gasteiger partial charge in [-0.2, -0.15) is 0 Å². The summed E-state index contributed by atoms with van der Waals surface area (Å²) in [5.41, 5.74) is 4.09. The van der Waals surface area contributed by atoms with Gasteiger partial charge in [0.25, 0.3) is 0 Å². The first-order valence-electron chi connectivity index (χ1n) is 8.04. The minimum absolute atomic E-state index is 0.00248. The maximum Gasteiger partial charge on any atom is 0.230 e. The number of thioether (sulfide) groups is 1. The molecule has 5 nitrogen and oxygen atoms in total. The molecule has 0 aliphatic heterocycles. The summed E-state index contributed by atoms with van der Waals surface area (Å²) in [6.45, 7) is 3.87. The van der Waals surface area contributed by atoms with Gasteiger partial charge in [0.15, 0.2) is 0 Å². The highest BCUT2D eigenvalue weighted by molar-refractivity contribution is 7.99. The fourth-order valence-corrected chi connectivity index (χ4v) is 3.56. The Morgan fingerprint density at radius 3 is 2.87 bits per heavy atom. The first kappa shape index (κ1) is 16.1. The zero-order valence-corrected chi connectivity index (χ0v) is 14.4. The van der Waals surface area contributed by atoms with Crippen LogP contribution in [0.2, 0.25) is 0 Å². The fraction of sp³-hybridized carbons (Fsp3) is 0.471. The van der Waals surface area contributed by atoms with E-state index < -0.39 is 0 Å². The number of aromatic nitrogens is 3. The number of aromatic amines is 1. The molecule has 0 spiro atoms. The number of hydrogen-bond acceptors (Lipinski definition) is 4. The van der Waals surface area contributed by atoms with E-state index in [1.54, 1.807) is 0 Å². The van der Waals surface area contributed by atoms with Gasteiger partial charge in [-0.05, 0) is 56.2 Å². The van der Waals surface area contributed by atoms with Crippen LogP contribution >= 0.6 is 11.8 Å². The Kier molecular flexibility index (Phi) is 5.00. The smallest absolute Gasteiger partial charge is 0.230 e. The van der Waals surface area contributed by atoms with Gasteiger partial charge in [-0.15, -0.1) is 5.10 Å². The molecule has 0 unspecified atom stereocenters. The second-order valence-corrected chi connectivity index (χ2v) is 6.96. The van der Waals surface area contributed by atoms with Gasteiger partial charge < -0.3 is 5.32 Å². The van der Waals surface area contributed by atoms with Crippen molar-refractivity contribution in [1.29, 1.82) is 0 Å². The van der Waals surface area contributed by atoms with Gasteiger partial charge in [-0.25, -0.2) is 4.98 Å². The third kappa shape index (κ3) is 4.13. The van der Waals surface area contributed by atoms with E-state index in [1.807, 2.05) is 13.8 Å². The van der Waals surface area contributed by atoms with Gasteiger partial charge in [0.2, 0.25) is 11.1 Å². The van der Waals surface area contributed by atoms with E-state index in [4.69, 9.17) is 0 Å². The number of aryl methyl sites for hydroxylation is 3. The summed E-state index contributed by atoms with van der Waals surface area (Å²) in [6, 6.07) is 6.63. The van der Waals surface area contributed by atoms with Crippen molar-refractivity contribution in [3.63, 3.8) is 0 Å². The minimum atomic E-state index is 0.00248. The van der Waals surface area contributed by atoms with Crippen molar-refractivity contribution in [3.05, 3.63) is 40.7 Å². The number of nitrogens with one attached hydrogen (secondary N) is 2. The van der Waals surface area contributed by atoms with Gasteiger partial charge in [0, 0.05) is 0 Å². The zero-order chi connectivity index (χ0) is 16.2. The molecule has 2 aromatic rings. The Hall–Kier alpha value is -1.82. The van der Waals surface area contributed by atoms with Crippen molar-refractivity contribution < 1.29 is 4.79 Å². The molecule has 0 radical (unpaired) electrons. The highest BCUT2D eigenvalue weighted by Crippen LogP contribution is 2.24. The summed E-state index contributed by atoms with van der Waals surface area (Å²) in [5, 5.41) is 10.5. The average molecular weight is 330 g/mol. The number of fused-ring (bicyclic) bond motifs is 1. The lowest BCUT2D eigenvalue weighted by Gasteiger charge is -2.20. The van der Waals surface area contributed by atoms with E-state index in [-0.39, 0.29) is 11.9 Å². The summed E-state index contributed by atoms with van der Waals surface area (Å²) in [4.78, 5) is 16.3. The van der Waals surface area contributed by atoms with Crippen molar-refractivity contribution in [2.75, 3.05) is 5.75 Å². The van der Waals surface area contributed by atoms with E-state index in [1.165, 1.54) is 47.7 Å². The van der Waals surface area contributed by atoms with E-state index in [0.717, 1.165) is 12.2 Å². The van der Waals surface area contributed by atoms with Crippen molar-refractivity contribution in [2.45, 2.75) is 50.7 Å². The van der Waals surface area contributed by atoms with Crippen LogP contribution in [0.3, 0.4) is 0 Å².